The van der Waals surface area contributed by atoms with Crippen molar-refractivity contribution in [3.05, 3.63) is 0 Å². The summed E-state index contributed by atoms with van der Waals surface area (Å²) in [5, 5.41) is 17.8. The molecule has 1 aliphatic rings. The standard InChI is InChI=1S/C6H10O3/c1-3-4(7)2-5(8)6(3)9/h3-5,7-8H,2H2,1H3. The SMILES string of the molecule is CC1C(=O)C(O)CC1O. The average molecular weight is 130 g/mol. The van der Waals surface area contributed by atoms with Crippen LogP contribution in [0.25, 0.3) is 0 Å². The topological polar surface area (TPSA) is 57.5 Å². The molecule has 0 aromatic rings. The first-order valence-electron chi connectivity index (χ1n) is 3.03. The van der Waals surface area contributed by atoms with Crippen molar-refractivity contribution in [1.29, 1.82) is 0 Å². The lowest BCUT2D eigenvalue weighted by molar-refractivity contribution is -0.127. The molecule has 0 bridgehead atoms. The first kappa shape index (κ1) is 6.71. The minimum absolute atomic E-state index is 0.208. The zero-order valence-electron chi connectivity index (χ0n) is 5.24. The molecule has 9 heavy (non-hydrogen) atoms. The Labute approximate surface area is 53.3 Å². The van der Waals surface area contributed by atoms with Crippen LogP contribution in [0.15, 0.2) is 0 Å². The van der Waals surface area contributed by atoms with Crippen molar-refractivity contribution in [1.82, 2.24) is 0 Å². The van der Waals surface area contributed by atoms with Gasteiger partial charge in [0, 0.05) is 12.3 Å². The van der Waals surface area contributed by atoms with Gasteiger partial charge >= 0.3 is 0 Å². The Morgan fingerprint density at radius 3 is 2.22 bits per heavy atom. The Bertz CT molecular complexity index is 132. The second-order valence-electron chi connectivity index (χ2n) is 2.51. The number of carbonyl (C=O) groups is 1. The molecule has 0 aromatic carbocycles. The molecule has 0 radical (unpaired) electrons. The zero-order chi connectivity index (χ0) is 7.02. The van der Waals surface area contributed by atoms with Gasteiger partial charge in [0.25, 0.3) is 0 Å². The fourth-order valence-electron chi connectivity index (χ4n) is 1.04. The van der Waals surface area contributed by atoms with E-state index in [1.807, 2.05) is 0 Å². The number of rotatable bonds is 0. The van der Waals surface area contributed by atoms with Crippen LogP contribution in [0, 0.1) is 5.92 Å². The number of aliphatic hydroxyl groups is 2. The number of carbonyl (C=O) groups excluding carboxylic acids is 1. The van der Waals surface area contributed by atoms with E-state index in [0.717, 1.165) is 0 Å². The summed E-state index contributed by atoms with van der Waals surface area (Å²) in [6, 6.07) is 0. The van der Waals surface area contributed by atoms with Gasteiger partial charge in [-0.1, -0.05) is 6.92 Å². The van der Waals surface area contributed by atoms with Crippen molar-refractivity contribution < 1.29 is 15.0 Å². The fourth-order valence-corrected chi connectivity index (χ4v) is 1.04. The molecule has 1 fully saturated rings. The van der Waals surface area contributed by atoms with Crippen LogP contribution in [-0.4, -0.2) is 28.2 Å². The van der Waals surface area contributed by atoms with Crippen LogP contribution in [0.4, 0.5) is 0 Å². The third kappa shape index (κ3) is 0.976. The second-order valence-corrected chi connectivity index (χ2v) is 2.51. The van der Waals surface area contributed by atoms with Crippen molar-refractivity contribution >= 4 is 5.78 Å². The number of hydrogen-bond donors (Lipinski definition) is 2. The highest BCUT2D eigenvalue weighted by molar-refractivity contribution is 5.87. The summed E-state index contributed by atoms with van der Waals surface area (Å²) in [5.41, 5.74) is 0. The molecule has 0 heterocycles. The third-order valence-corrected chi connectivity index (χ3v) is 1.82. The van der Waals surface area contributed by atoms with Gasteiger partial charge in [-0.3, -0.25) is 4.79 Å². The molecule has 1 rings (SSSR count). The zero-order valence-corrected chi connectivity index (χ0v) is 5.24. The van der Waals surface area contributed by atoms with Gasteiger partial charge < -0.3 is 10.2 Å². The molecule has 0 amide bonds. The molecule has 0 saturated heterocycles. The van der Waals surface area contributed by atoms with Crippen molar-refractivity contribution in [2.24, 2.45) is 5.92 Å². The Hall–Kier alpha value is -0.410. The van der Waals surface area contributed by atoms with E-state index in [1.54, 1.807) is 6.92 Å². The van der Waals surface area contributed by atoms with Crippen molar-refractivity contribution in [3.63, 3.8) is 0 Å². The molecule has 0 aliphatic heterocycles. The summed E-state index contributed by atoms with van der Waals surface area (Å²) in [7, 11) is 0. The fraction of sp³-hybridized carbons (Fsp3) is 0.833. The maximum absolute atomic E-state index is 10.7. The van der Waals surface area contributed by atoms with Gasteiger partial charge in [-0.2, -0.15) is 0 Å². The number of ketones is 1. The Morgan fingerprint density at radius 1 is 1.56 bits per heavy atom. The monoisotopic (exact) mass is 130 g/mol. The van der Waals surface area contributed by atoms with Crippen molar-refractivity contribution in [2.45, 2.75) is 25.6 Å². The van der Waals surface area contributed by atoms with Crippen LogP contribution in [0.2, 0.25) is 0 Å². The van der Waals surface area contributed by atoms with E-state index < -0.39 is 12.2 Å². The first-order valence-corrected chi connectivity index (χ1v) is 3.03. The smallest absolute Gasteiger partial charge is 0.166 e. The lowest BCUT2D eigenvalue weighted by atomic mass is 10.1. The summed E-state index contributed by atoms with van der Waals surface area (Å²) in [5.74, 6) is -0.609. The lowest BCUT2D eigenvalue weighted by Crippen LogP contribution is -2.17. The highest BCUT2D eigenvalue weighted by Crippen LogP contribution is 2.21. The van der Waals surface area contributed by atoms with Gasteiger partial charge in [0.2, 0.25) is 0 Å². The minimum atomic E-state index is -0.921. The summed E-state index contributed by atoms with van der Waals surface area (Å²) in [6.45, 7) is 1.63. The molecule has 1 saturated carbocycles. The summed E-state index contributed by atoms with van der Waals surface area (Å²) in [4.78, 5) is 10.7. The van der Waals surface area contributed by atoms with Gasteiger partial charge in [0.05, 0.1) is 6.10 Å². The second kappa shape index (κ2) is 2.08. The molecule has 52 valence electrons. The Kier molecular flexibility index (Phi) is 1.55. The van der Waals surface area contributed by atoms with Crippen LogP contribution < -0.4 is 0 Å². The van der Waals surface area contributed by atoms with E-state index in [2.05, 4.69) is 0 Å². The quantitative estimate of drug-likeness (QED) is 0.456. The molecule has 0 spiro atoms. The van der Waals surface area contributed by atoms with E-state index in [4.69, 9.17) is 10.2 Å². The molecule has 3 atom stereocenters. The molecule has 3 unspecified atom stereocenters. The third-order valence-electron chi connectivity index (χ3n) is 1.82. The predicted octanol–water partition coefficient (Wildman–Crippen LogP) is -0.683. The average Bonchev–Trinajstić information content (AvgIpc) is 1.98. The Morgan fingerprint density at radius 2 is 2.11 bits per heavy atom. The summed E-state index contributed by atoms with van der Waals surface area (Å²) >= 11 is 0. The number of hydrogen-bond acceptors (Lipinski definition) is 3. The van der Waals surface area contributed by atoms with Crippen LogP contribution in [0.1, 0.15) is 13.3 Å². The minimum Gasteiger partial charge on any atom is -0.392 e. The van der Waals surface area contributed by atoms with Gasteiger partial charge in [-0.25, -0.2) is 0 Å². The molecule has 1 aliphatic carbocycles. The first-order chi connectivity index (χ1) is 4.13. The van der Waals surface area contributed by atoms with Crippen LogP contribution in [0.3, 0.4) is 0 Å². The highest BCUT2D eigenvalue weighted by Gasteiger charge is 2.36. The molecule has 2 N–H and O–H groups in total. The summed E-state index contributed by atoms with van der Waals surface area (Å²) in [6.07, 6.45) is -1.34. The van der Waals surface area contributed by atoms with Crippen LogP contribution in [0.5, 0.6) is 0 Å². The number of aliphatic hydroxyl groups excluding tert-OH is 2. The van der Waals surface area contributed by atoms with Crippen molar-refractivity contribution in [3.8, 4) is 0 Å². The number of Topliss-reactive ketones (excluding diaryl/α,β-unsaturated/α-hetero) is 1. The normalized spacial score (nSPS) is 43.9. The largest absolute Gasteiger partial charge is 0.392 e. The van der Waals surface area contributed by atoms with Gasteiger partial charge in [0.15, 0.2) is 5.78 Å². The molecule has 0 aromatic heterocycles. The molecular formula is C6H10O3. The van der Waals surface area contributed by atoms with Gasteiger partial charge in [0.1, 0.15) is 6.10 Å². The summed E-state index contributed by atoms with van der Waals surface area (Å²) < 4.78 is 0. The van der Waals surface area contributed by atoms with Crippen LogP contribution in [-0.2, 0) is 4.79 Å². The van der Waals surface area contributed by atoms with E-state index in [-0.39, 0.29) is 18.1 Å². The van der Waals surface area contributed by atoms with E-state index >= 15 is 0 Å². The van der Waals surface area contributed by atoms with E-state index in [1.165, 1.54) is 0 Å². The van der Waals surface area contributed by atoms with Crippen molar-refractivity contribution in [2.75, 3.05) is 0 Å². The van der Waals surface area contributed by atoms with E-state index in [9.17, 15) is 4.79 Å². The highest BCUT2D eigenvalue weighted by atomic mass is 16.3. The van der Waals surface area contributed by atoms with Gasteiger partial charge in [-0.05, 0) is 0 Å². The molecule has 3 heteroatoms. The maximum atomic E-state index is 10.7. The predicted molar refractivity (Wildman–Crippen MR) is 30.8 cm³/mol. The van der Waals surface area contributed by atoms with Gasteiger partial charge in [-0.15, -0.1) is 0 Å². The lowest BCUT2D eigenvalue weighted by Gasteiger charge is -2.02. The van der Waals surface area contributed by atoms with Crippen LogP contribution >= 0.6 is 0 Å². The molecule has 3 nitrogen and oxygen atoms in total. The maximum Gasteiger partial charge on any atom is 0.166 e. The molecular weight excluding hydrogens is 120 g/mol. The Balaban J connectivity index is 2.65. The van der Waals surface area contributed by atoms with E-state index in [0.29, 0.717) is 0 Å².